The molecule has 16 heavy (non-hydrogen) atoms. The number of carbonyl (C=O) groups excluding carboxylic acids is 1. The van der Waals surface area contributed by atoms with Crippen LogP contribution in [0.1, 0.15) is 24.9 Å². The predicted octanol–water partition coefficient (Wildman–Crippen LogP) is 2.50. The van der Waals surface area contributed by atoms with E-state index in [0.717, 1.165) is 17.7 Å². The van der Waals surface area contributed by atoms with Gasteiger partial charge in [0, 0.05) is 0 Å². The Morgan fingerprint density at radius 3 is 2.50 bits per heavy atom. The molecule has 1 N–H and O–H groups in total. The molecule has 1 aromatic rings. The van der Waals surface area contributed by atoms with Crippen molar-refractivity contribution in [2.24, 2.45) is 0 Å². The lowest BCUT2D eigenvalue weighted by atomic mass is 10.0. The van der Waals surface area contributed by atoms with Crippen molar-refractivity contribution in [3.05, 3.63) is 29.8 Å². The third-order valence-electron chi connectivity index (χ3n) is 2.38. The lowest BCUT2D eigenvalue weighted by Gasteiger charge is -2.17. The number of methoxy groups -OCH3 is 1. The second-order valence-corrected chi connectivity index (χ2v) is 3.70. The largest absolute Gasteiger partial charge is 0.497 e. The van der Waals surface area contributed by atoms with Gasteiger partial charge in [-0.2, -0.15) is 0 Å². The second kappa shape index (κ2) is 6.38. The van der Waals surface area contributed by atoms with Crippen molar-refractivity contribution in [3.63, 3.8) is 0 Å². The van der Waals surface area contributed by atoms with Crippen LogP contribution in [0, 0.1) is 0 Å². The first kappa shape index (κ1) is 12.8. The standard InChI is InChI=1S/C12H16ClNO2/c1-3-11(14-12(15)8-13)9-4-6-10(16-2)7-5-9/h4-7,11H,3,8H2,1-2H3,(H,14,15). The van der Waals surface area contributed by atoms with Crippen molar-refractivity contribution in [3.8, 4) is 5.75 Å². The zero-order valence-electron chi connectivity index (χ0n) is 9.50. The lowest BCUT2D eigenvalue weighted by molar-refractivity contribution is -0.119. The number of nitrogens with one attached hydrogen (secondary N) is 1. The summed E-state index contributed by atoms with van der Waals surface area (Å²) in [6, 6.07) is 7.66. The van der Waals surface area contributed by atoms with Crippen molar-refractivity contribution in [2.45, 2.75) is 19.4 Å². The summed E-state index contributed by atoms with van der Waals surface area (Å²) in [5.41, 5.74) is 1.06. The summed E-state index contributed by atoms with van der Waals surface area (Å²) >= 11 is 5.46. The highest BCUT2D eigenvalue weighted by Gasteiger charge is 2.11. The van der Waals surface area contributed by atoms with Crippen LogP contribution in [0.2, 0.25) is 0 Å². The number of carbonyl (C=O) groups is 1. The fourth-order valence-corrected chi connectivity index (χ4v) is 1.57. The number of halogens is 1. The van der Waals surface area contributed by atoms with Gasteiger partial charge in [-0.25, -0.2) is 0 Å². The first-order chi connectivity index (χ1) is 7.71. The molecule has 0 aliphatic carbocycles. The molecule has 88 valence electrons. The van der Waals surface area contributed by atoms with Crippen molar-refractivity contribution >= 4 is 17.5 Å². The summed E-state index contributed by atoms with van der Waals surface area (Å²) in [4.78, 5) is 11.2. The highest BCUT2D eigenvalue weighted by Crippen LogP contribution is 2.19. The predicted molar refractivity (Wildman–Crippen MR) is 64.9 cm³/mol. The van der Waals surface area contributed by atoms with Crippen molar-refractivity contribution in [1.29, 1.82) is 0 Å². The molecule has 1 rings (SSSR count). The Labute approximate surface area is 101 Å². The van der Waals surface area contributed by atoms with Crippen LogP contribution in [0.3, 0.4) is 0 Å². The molecule has 0 spiro atoms. The number of hydrogen-bond acceptors (Lipinski definition) is 2. The van der Waals surface area contributed by atoms with E-state index in [-0.39, 0.29) is 17.8 Å². The second-order valence-electron chi connectivity index (χ2n) is 3.44. The average molecular weight is 242 g/mol. The zero-order valence-corrected chi connectivity index (χ0v) is 10.3. The zero-order chi connectivity index (χ0) is 12.0. The van der Waals surface area contributed by atoms with Gasteiger partial charge in [0.15, 0.2) is 0 Å². The molecule has 1 amide bonds. The maximum absolute atomic E-state index is 11.2. The molecule has 0 bridgehead atoms. The summed E-state index contributed by atoms with van der Waals surface area (Å²) < 4.78 is 5.08. The van der Waals surface area contributed by atoms with Crippen LogP contribution >= 0.6 is 11.6 Å². The van der Waals surface area contributed by atoms with Crippen LogP contribution in [0.4, 0.5) is 0 Å². The van der Waals surface area contributed by atoms with E-state index in [1.165, 1.54) is 0 Å². The molecule has 0 saturated heterocycles. The molecule has 0 aromatic heterocycles. The van der Waals surface area contributed by atoms with E-state index in [0.29, 0.717) is 0 Å². The lowest BCUT2D eigenvalue weighted by Crippen LogP contribution is -2.28. The van der Waals surface area contributed by atoms with Crippen LogP contribution in [-0.4, -0.2) is 18.9 Å². The minimum absolute atomic E-state index is 0.00729. The van der Waals surface area contributed by atoms with E-state index in [4.69, 9.17) is 16.3 Å². The Morgan fingerprint density at radius 2 is 2.06 bits per heavy atom. The Bertz CT molecular complexity index is 337. The number of rotatable bonds is 5. The maximum Gasteiger partial charge on any atom is 0.235 e. The molecule has 0 heterocycles. The van der Waals surface area contributed by atoms with E-state index in [1.54, 1.807) is 7.11 Å². The van der Waals surface area contributed by atoms with E-state index in [9.17, 15) is 4.79 Å². The Balaban J connectivity index is 2.74. The van der Waals surface area contributed by atoms with Crippen LogP contribution in [0.5, 0.6) is 5.75 Å². The third-order valence-corrected chi connectivity index (χ3v) is 2.63. The summed E-state index contributed by atoms with van der Waals surface area (Å²) in [6.45, 7) is 2.02. The highest BCUT2D eigenvalue weighted by atomic mass is 35.5. The van der Waals surface area contributed by atoms with E-state index in [2.05, 4.69) is 5.32 Å². The molecule has 0 radical (unpaired) electrons. The molecule has 0 saturated carbocycles. The monoisotopic (exact) mass is 241 g/mol. The van der Waals surface area contributed by atoms with Crippen LogP contribution in [0.15, 0.2) is 24.3 Å². The molecule has 3 nitrogen and oxygen atoms in total. The number of amides is 1. The van der Waals surface area contributed by atoms with Gasteiger partial charge in [0.25, 0.3) is 0 Å². The fraction of sp³-hybridized carbons (Fsp3) is 0.417. The van der Waals surface area contributed by atoms with Gasteiger partial charge < -0.3 is 10.1 Å². The van der Waals surface area contributed by atoms with Gasteiger partial charge >= 0.3 is 0 Å². The molecule has 1 unspecified atom stereocenters. The highest BCUT2D eigenvalue weighted by molar-refractivity contribution is 6.27. The van der Waals surface area contributed by atoms with Gasteiger partial charge in [-0.3, -0.25) is 4.79 Å². The van der Waals surface area contributed by atoms with Gasteiger partial charge in [-0.1, -0.05) is 19.1 Å². The molecular formula is C12H16ClNO2. The molecule has 4 heteroatoms. The van der Waals surface area contributed by atoms with Gasteiger partial charge in [-0.05, 0) is 24.1 Å². The SMILES string of the molecule is CCC(NC(=O)CCl)c1ccc(OC)cc1. The van der Waals surface area contributed by atoms with Crippen LogP contribution in [-0.2, 0) is 4.79 Å². The minimum atomic E-state index is -0.149. The Hall–Kier alpha value is -1.22. The van der Waals surface area contributed by atoms with E-state index < -0.39 is 0 Å². The molecule has 0 aliphatic rings. The molecule has 1 aromatic carbocycles. The summed E-state index contributed by atoms with van der Waals surface area (Å²) in [5, 5.41) is 2.86. The van der Waals surface area contributed by atoms with Crippen molar-refractivity contribution in [1.82, 2.24) is 5.32 Å². The molecule has 1 atom stereocenters. The van der Waals surface area contributed by atoms with Gasteiger partial charge in [0.1, 0.15) is 11.6 Å². The number of ether oxygens (including phenoxy) is 1. The third kappa shape index (κ3) is 3.42. The van der Waals surface area contributed by atoms with E-state index >= 15 is 0 Å². The molecule has 0 aliphatic heterocycles. The number of hydrogen-bond donors (Lipinski definition) is 1. The summed E-state index contributed by atoms with van der Waals surface area (Å²) in [7, 11) is 1.63. The maximum atomic E-state index is 11.2. The molecule has 0 fully saturated rings. The van der Waals surface area contributed by atoms with E-state index in [1.807, 2.05) is 31.2 Å². The van der Waals surface area contributed by atoms with Crippen LogP contribution in [0.25, 0.3) is 0 Å². The number of benzene rings is 1. The first-order valence-corrected chi connectivity index (χ1v) is 5.74. The van der Waals surface area contributed by atoms with Gasteiger partial charge in [-0.15, -0.1) is 11.6 Å². The van der Waals surface area contributed by atoms with Gasteiger partial charge in [0.05, 0.1) is 13.2 Å². The van der Waals surface area contributed by atoms with Crippen LogP contribution < -0.4 is 10.1 Å². The fourth-order valence-electron chi connectivity index (χ4n) is 1.49. The Morgan fingerprint density at radius 1 is 1.44 bits per heavy atom. The Kier molecular flexibility index (Phi) is 5.12. The summed E-state index contributed by atoms with van der Waals surface area (Å²) in [5.74, 6) is 0.652. The smallest absolute Gasteiger partial charge is 0.235 e. The number of alkyl halides is 1. The average Bonchev–Trinajstić information content (AvgIpc) is 2.35. The van der Waals surface area contributed by atoms with Crippen molar-refractivity contribution in [2.75, 3.05) is 13.0 Å². The first-order valence-electron chi connectivity index (χ1n) is 5.20. The minimum Gasteiger partial charge on any atom is -0.497 e. The van der Waals surface area contributed by atoms with Crippen molar-refractivity contribution < 1.29 is 9.53 Å². The topological polar surface area (TPSA) is 38.3 Å². The quantitative estimate of drug-likeness (QED) is 0.805. The normalized spacial score (nSPS) is 11.9. The van der Waals surface area contributed by atoms with Gasteiger partial charge in [0.2, 0.25) is 5.91 Å². The molecular weight excluding hydrogens is 226 g/mol. The summed E-state index contributed by atoms with van der Waals surface area (Å²) in [6.07, 6.45) is 0.828.